The monoisotopic (exact) mass is 235 g/mol. The predicted octanol–water partition coefficient (Wildman–Crippen LogP) is 1.17. The Morgan fingerprint density at radius 1 is 1.59 bits per heavy atom. The van der Waals surface area contributed by atoms with Crippen LogP contribution in [0.15, 0.2) is 31.0 Å². The molecule has 4 nitrogen and oxygen atoms in total. The second kappa shape index (κ2) is 7.95. The Kier molecular flexibility index (Phi) is 6.47. The number of nitrogens with zero attached hydrogens (tertiary/aromatic N) is 2. The summed E-state index contributed by atoms with van der Waals surface area (Å²) in [4.78, 5) is 6.45. The third-order valence-corrected chi connectivity index (χ3v) is 2.50. The Balaban J connectivity index is 2.60. The average Bonchev–Trinajstić information content (AvgIpc) is 2.36. The van der Waals surface area contributed by atoms with Gasteiger partial charge < -0.3 is 10.5 Å². The van der Waals surface area contributed by atoms with Gasteiger partial charge in [-0.05, 0) is 17.7 Å². The topological polar surface area (TPSA) is 51.4 Å². The standard InChI is InChI=1S/C13H21N3O/c1-3-6-16(7-8-17-2)11-12-4-5-15-13(9-12)10-14/h3-5,9H,1,6-8,10-11,14H2,2H3. The van der Waals surface area contributed by atoms with Crippen molar-refractivity contribution in [2.45, 2.75) is 13.1 Å². The summed E-state index contributed by atoms with van der Waals surface area (Å²) in [5.41, 5.74) is 7.72. The molecule has 0 fully saturated rings. The highest BCUT2D eigenvalue weighted by Crippen LogP contribution is 2.06. The minimum Gasteiger partial charge on any atom is -0.383 e. The van der Waals surface area contributed by atoms with Crippen molar-refractivity contribution in [1.82, 2.24) is 9.88 Å². The first kappa shape index (κ1) is 13.8. The van der Waals surface area contributed by atoms with Gasteiger partial charge in [-0.25, -0.2) is 0 Å². The van der Waals surface area contributed by atoms with Crippen LogP contribution in [0.5, 0.6) is 0 Å². The SMILES string of the molecule is C=CCN(CCOC)Cc1ccnc(CN)c1. The van der Waals surface area contributed by atoms with Gasteiger partial charge in [0, 0.05) is 39.5 Å². The van der Waals surface area contributed by atoms with Gasteiger partial charge >= 0.3 is 0 Å². The Morgan fingerprint density at radius 3 is 3.06 bits per heavy atom. The van der Waals surface area contributed by atoms with Crippen LogP contribution >= 0.6 is 0 Å². The average molecular weight is 235 g/mol. The minimum atomic E-state index is 0.480. The molecule has 1 aromatic heterocycles. The zero-order valence-corrected chi connectivity index (χ0v) is 10.4. The van der Waals surface area contributed by atoms with Gasteiger partial charge in [0.2, 0.25) is 0 Å². The molecule has 0 aliphatic heterocycles. The van der Waals surface area contributed by atoms with Gasteiger partial charge in [0.25, 0.3) is 0 Å². The Hall–Kier alpha value is -1.23. The molecule has 0 spiro atoms. The molecule has 17 heavy (non-hydrogen) atoms. The fraction of sp³-hybridized carbons (Fsp3) is 0.462. The summed E-state index contributed by atoms with van der Waals surface area (Å²) < 4.78 is 5.09. The van der Waals surface area contributed by atoms with E-state index in [4.69, 9.17) is 10.5 Å². The van der Waals surface area contributed by atoms with E-state index >= 15 is 0 Å². The summed E-state index contributed by atoms with van der Waals surface area (Å²) in [6, 6.07) is 4.06. The number of methoxy groups -OCH3 is 1. The van der Waals surface area contributed by atoms with E-state index in [2.05, 4.69) is 16.5 Å². The smallest absolute Gasteiger partial charge is 0.0589 e. The molecule has 0 amide bonds. The summed E-state index contributed by atoms with van der Waals surface area (Å²) in [7, 11) is 1.71. The zero-order valence-electron chi connectivity index (χ0n) is 10.4. The van der Waals surface area contributed by atoms with E-state index in [1.807, 2.05) is 18.2 Å². The first-order valence-electron chi connectivity index (χ1n) is 5.76. The van der Waals surface area contributed by atoms with Crippen LogP contribution < -0.4 is 5.73 Å². The van der Waals surface area contributed by atoms with Crippen molar-refractivity contribution in [1.29, 1.82) is 0 Å². The maximum Gasteiger partial charge on any atom is 0.0589 e. The van der Waals surface area contributed by atoms with E-state index in [1.54, 1.807) is 13.3 Å². The number of ether oxygens (including phenoxy) is 1. The quantitative estimate of drug-likeness (QED) is 0.687. The van der Waals surface area contributed by atoms with Gasteiger partial charge in [-0.15, -0.1) is 6.58 Å². The lowest BCUT2D eigenvalue weighted by Crippen LogP contribution is -2.27. The number of nitrogens with two attached hydrogens (primary N) is 1. The van der Waals surface area contributed by atoms with Crippen LogP contribution in [0.2, 0.25) is 0 Å². The van der Waals surface area contributed by atoms with Crippen LogP contribution in [0, 0.1) is 0 Å². The van der Waals surface area contributed by atoms with Gasteiger partial charge in [-0.1, -0.05) is 6.08 Å². The maximum atomic E-state index is 5.58. The molecule has 1 heterocycles. The Bertz CT molecular complexity index is 341. The molecule has 0 atom stereocenters. The summed E-state index contributed by atoms with van der Waals surface area (Å²) in [6.45, 7) is 7.58. The van der Waals surface area contributed by atoms with Gasteiger partial charge in [0.15, 0.2) is 0 Å². The normalized spacial score (nSPS) is 10.8. The molecular formula is C13H21N3O. The molecule has 0 aromatic carbocycles. The number of hydrogen-bond donors (Lipinski definition) is 1. The number of aromatic nitrogens is 1. The zero-order chi connectivity index (χ0) is 12.5. The first-order chi connectivity index (χ1) is 8.30. The van der Waals surface area contributed by atoms with Crippen molar-refractivity contribution in [3.63, 3.8) is 0 Å². The van der Waals surface area contributed by atoms with Crippen LogP contribution in [0.4, 0.5) is 0 Å². The number of pyridine rings is 1. The summed E-state index contributed by atoms with van der Waals surface area (Å²) in [5.74, 6) is 0. The molecule has 1 aromatic rings. The van der Waals surface area contributed by atoms with Crippen LogP contribution in [0.1, 0.15) is 11.3 Å². The van der Waals surface area contributed by atoms with Crippen molar-refractivity contribution in [2.75, 3.05) is 26.8 Å². The second-order valence-electron chi connectivity index (χ2n) is 3.88. The van der Waals surface area contributed by atoms with Crippen molar-refractivity contribution < 1.29 is 4.74 Å². The predicted molar refractivity (Wildman–Crippen MR) is 69.5 cm³/mol. The highest BCUT2D eigenvalue weighted by Gasteiger charge is 2.04. The molecule has 0 saturated heterocycles. The summed E-state index contributed by atoms with van der Waals surface area (Å²) in [5, 5.41) is 0. The third kappa shape index (κ3) is 5.08. The number of hydrogen-bond acceptors (Lipinski definition) is 4. The number of rotatable bonds is 8. The minimum absolute atomic E-state index is 0.480. The highest BCUT2D eigenvalue weighted by molar-refractivity contribution is 5.16. The molecule has 0 unspecified atom stereocenters. The second-order valence-corrected chi connectivity index (χ2v) is 3.88. The fourth-order valence-electron chi connectivity index (χ4n) is 1.63. The molecule has 2 N–H and O–H groups in total. The Morgan fingerprint density at radius 2 is 2.41 bits per heavy atom. The first-order valence-corrected chi connectivity index (χ1v) is 5.76. The lowest BCUT2D eigenvalue weighted by Gasteiger charge is -2.20. The molecule has 4 heteroatoms. The molecule has 0 saturated carbocycles. The van der Waals surface area contributed by atoms with Gasteiger partial charge in [0.05, 0.1) is 12.3 Å². The van der Waals surface area contributed by atoms with E-state index in [0.29, 0.717) is 6.54 Å². The van der Waals surface area contributed by atoms with Gasteiger partial charge in [0.1, 0.15) is 0 Å². The molecule has 94 valence electrons. The third-order valence-electron chi connectivity index (χ3n) is 2.50. The lowest BCUT2D eigenvalue weighted by atomic mass is 10.2. The van der Waals surface area contributed by atoms with Gasteiger partial charge in [-0.3, -0.25) is 9.88 Å². The van der Waals surface area contributed by atoms with E-state index < -0.39 is 0 Å². The van der Waals surface area contributed by atoms with Crippen LogP contribution in [-0.4, -0.2) is 36.7 Å². The van der Waals surface area contributed by atoms with Crippen LogP contribution in [0.25, 0.3) is 0 Å². The summed E-state index contributed by atoms with van der Waals surface area (Å²) >= 11 is 0. The molecular weight excluding hydrogens is 214 g/mol. The fourth-order valence-corrected chi connectivity index (χ4v) is 1.63. The van der Waals surface area contributed by atoms with E-state index in [9.17, 15) is 0 Å². The van der Waals surface area contributed by atoms with Gasteiger partial charge in [-0.2, -0.15) is 0 Å². The van der Waals surface area contributed by atoms with Crippen molar-refractivity contribution >= 4 is 0 Å². The van der Waals surface area contributed by atoms with Crippen LogP contribution in [-0.2, 0) is 17.8 Å². The van der Waals surface area contributed by atoms with Crippen molar-refractivity contribution in [3.05, 3.63) is 42.2 Å². The Labute approximate surface area is 103 Å². The molecule has 0 bridgehead atoms. The highest BCUT2D eigenvalue weighted by atomic mass is 16.5. The van der Waals surface area contributed by atoms with Crippen molar-refractivity contribution in [3.8, 4) is 0 Å². The largest absolute Gasteiger partial charge is 0.383 e. The van der Waals surface area contributed by atoms with Crippen molar-refractivity contribution in [2.24, 2.45) is 5.73 Å². The maximum absolute atomic E-state index is 5.58. The van der Waals surface area contributed by atoms with E-state index in [0.717, 1.165) is 31.9 Å². The summed E-state index contributed by atoms with van der Waals surface area (Å²) in [6.07, 6.45) is 3.71. The molecule has 0 aliphatic carbocycles. The van der Waals surface area contributed by atoms with E-state index in [1.165, 1.54) is 5.56 Å². The van der Waals surface area contributed by atoms with E-state index in [-0.39, 0.29) is 0 Å². The molecule has 0 aliphatic rings. The lowest BCUT2D eigenvalue weighted by molar-refractivity contribution is 0.151. The molecule has 0 radical (unpaired) electrons. The van der Waals surface area contributed by atoms with Crippen LogP contribution in [0.3, 0.4) is 0 Å². The molecule has 1 rings (SSSR count).